The number of hydrogen-bond acceptors (Lipinski definition) is 4. The largest absolute Gasteiger partial charge is 0.348 e. The SMILES string of the molecule is O=C(C=Cc1cnc2ccccc2n1)NCc1ccc(-n2ccnc2)c(F)c1. The Morgan fingerprint density at radius 1 is 1.18 bits per heavy atom. The van der Waals surface area contributed by atoms with Gasteiger partial charge in [0, 0.05) is 25.0 Å². The van der Waals surface area contributed by atoms with E-state index in [1.165, 1.54) is 18.5 Å². The molecule has 0 spiro atoms. The van der Waals surface area contributed by atoms with Gasteiger partial charge in [0.15, 0.2) is 0 Å². The third-order valence-electron chi connectivity index (χ3n) is 4.13. The highest BCUT2D eigenvalue weighted by atomic mass is 19.1. The molecule has 138 valence electrons. The number of fused-ring (bicyclic) bond motifs is 1. The Morgan fingerprint density at radius 3 is 2.82 bits per heavy atom. The normalized spacial score (nSPS) is 11.2. The van der Waals surface area contributed by atoms with E-state index in [9.17, 15) is 9.18 Å². The van der Waals surface area contributed by atoms with Crippen molar-refractivity contribution >= 4 is 23.0 Å². The summed E-state index contributed by atoms with van der Waals surface area (Å²) in [6.45, 7) is 0.216. The van der Waals surface area contributed by atoms with Crippen molar-refractivity contribution in [1.29, 1.82) is 0 Å². The van der Waals surface area contributed by atoms with E-state index in [-0.39, 0.29) is 18.3 Å². The van der Waals surface area contributed by atoms with Crippen LogP contribution in [0.4, 0.5) is 4.39 Å². The predicted molar refractivity (Wildman–Crippen MR) is 104 cm³/mol. The molecule has 2 heterocycles. The second-order valence-electron chi connectivity index (χ2n) is 6.09. The molecule has 0 saturated carbocycles. The Kier molecular flexibility index (Phi) is 4.88. The van der Waals surface area contributed by atoms with E-state index >= 15 is 0 Å². The van der Waals surface area contributed by atoms with Crippen LogP contribution in [-0.2, 0) is 11.3 Å². The topological polar surface area (TPSA) is 72.7 Å². The molecule has 0 radical (unpaired) electrons. The van der Waals surface area contributed by atoms with Gasteiger partial charge in [-0.15, -0.1) is 0 Å². The second-order valence-corrected chi connectivity index (χ2v) is 6.09. The van der Waals surface area contributed by atoms with Crippen molar-refractivity contribution in [2.45, 2.75) is 6.54 Å². The highest BCUT2D eigenvalue weighted by Gasteiger charge is 2.06. The molecule has 0 aliphatic rings. The molecule has 0 saturated heterocycles. The van der Waals surface area contributed by atoms with E-state index in [0.717, 1.165) is 11.0 Å². The van der Waals surface area contributed by atoms with Crippen LogP contribution >= 0.6 is 0 Å². The molecule has 0 bridgehead atoms. The monoisotopic (exact) mass is 373 g/mol. The lowest BCUT2D eigenvalue weighted by molar-refractivity contribution is -0.116. The number of hydrogen-bond donors (Lipinski definition) is 1. The molecular formula is C21H16FN5O. The summed E-state index contributed by atoms with van der Waals surface area (Å²) in [5.74, 6) is -0.680. The van der Waals surface area contributed by atoms with Gasteiger partial charge in [0.05, 0.1) is 34.9 Å². The Balaban J connectivity index is 1.38. The van der Waals surface area contributed by atoms with Crippen LogP contribution in [0.2, 0.25) is 0 Å². The molecule has 0 aliphatic carbocycles. The van der Waals surface area contributed by atoms with Gasteiger partial charge in [-0.3, -0.25) is 9.78 Å². The van der Waals surface area contributed by atoms with Crippen molar-refractivity contribution in [2.24, 2.45) is 0 Å². The van der Waals surface area contributed by atoms with Gasteiger partial charge in [0.2, 0.25) is 5.91 Å². The van der Waals surface area contributed by atoms with Gasteiger partial charge >= 0.3 is 0 Å². The lowest BCUT2D eigenvalue weighted by Gasteiger charge is -2.07. The fourth-order valence-electron chi connectivity index (χ4n) is 2.73. The summed E-state index contributed by atoms with van der Waals surface area (Å²) in [6, 6.07) is 12.3. The zero-order chi connectivity index (χ0) is 19.3. The van der Waals surface area contributed by atoms with Gasteiger partial charge < -0.3 is 9.88 Å². The quantitative estimate of drug-likeness (QED) is 0.545. The van der Waals surface area contributed by atoms with Gasteiger partial charge in [-0.05, 0) is 35.9 Å². The average molecular weight is 373 g/mol. The van der Waals surface area contributed by atoms with Crippen LogP contribution in [0.5, 0.6) is 0 Å². The first kappa shape index (κ1) is 17.5. The summed E-state index contributed by atoms with van der Waals surface area (Å²) in [6.07, 6.45) is 9.36. The van der Waals surface area contributed by atoms with Crippen LogP contribution < -0.4 is 5.32 Å². The maximum atomic E-state index is 14.2. The number of nitrogens with zero attached hydrogens (tertiary/aromatic N) is 4. The zero-order valence-electron chi connectivity index (χ0n) is 14.8. The molecule has 4 rings (SSSR count). The van der Waals surface area contributed by atoms with Crippen LogP contribution in [0, 0.1) is 5.82 Å². The Labute approximate surface area is 160 Å². The van der Waals surface area contributed by atoms with Gasteiger partial charge in [-0.2, -0.15) is 0 Å². The summed E-state index contributed by atoms with van der Waals surface area (Å²) in [4.78, 5) is 24.7. The average Bonchev–Trinajstić information content (AvgIpc) is 3.25. The fraction of sp³-hybridized carbons (Fsp3) is 0.0476. The van der Waals surface area contributed by atoms with E-state index in [2.05, 4.69) is 20.3 Å². The van der Waals surface area contributed by atoms with E-state index < -0.39 is 0 Å². The van der Waals surface area contributed by atoms with Crippen molar-refractivity contribution in [2.75, 3.05) is 0 Å². The van der Waals surface area contributed by atoms with Crippen LogP contribution in [0.3, 0.4) is 0 Å². The Bertz CT molecular complexity index is 1150. The van der Waals surface area contributed by atoms with Crippen molar-refractivity contribution < 1.29 is 9.18 Å². The first-order valence-corrected chi connectivity index (χ1v) is 8.63. The zero-order valence-corrected chi connectivity index (χ0v) is 14.8. The molecule has 28 heavy (non-hydrogen) atoms. The van der Waals surface area contributed by atoms with Crippen LogP contribution in [0.1, 0.15) is 11.3 Å². The smallest absolute Gasteiger partial charge is 0.244 e. The number of halogens is 1. The highest BCUT2D eigenvalue weighted by molar-refractivity contribution is 5.91. The highest BCUT2D eigenvalue weighted by Crippen LogP contribution is 2.15. The van der Waals surface area contributed by atoms with Crippen LogP contribution in [0.15, 0.2) is 73.5 Å². The minimum absolute atomic E-state index is 0.216. The second kappa shape index (κ2) is 7.79. The number of aromatic nitrogens is 4. The van der Waals surface area contributed by atoms with E-state index in [1.807, 2.05) is 24.3 Å². The van der Waals surface area contributed by atoms with Crippen molar-refractivity contribution in [3.05, 3.63) is 90.5 Å². The molecule has 0 fully saturated rings. The van der Waals surface area contributed by atoms with Gasteiger partial charge in [0.25, 0.3) is 0 Å². The molecule has 2 aromatic carbocycles. The van der Waals surface area contributed by atoms with Crippen molar-refractivity contribution in [3.63, 3.8) is 0 Å². The molecule has 7 heteroatoms. The number of amides is 1. The maximum Gasteiger partial charge on any atom is 0.244 e. The molecular weight excluding hydrogens is 357 g/mol. The Hall–Kier alpha value is -3.87. The number of imidazole rings is 1. The minimum Gasteiger partial charge on any atom is -0.348 e. The molecule has 0 atom stereocenters. The lowest BCUT2D eigenvalue weighted by Crippen LogP contribution is -2.20. The van der Waals surface area contributed by atoms with Crippen molar-refractivity contribution in [3.8, 4) is 5.69 Å². The lowest BCUT2D eigenvalue weighted by atomic mass is 10.2. The maximum absolute atomic E-state index is 14.2. The number of carbonyl (C=O) groups excluding carboxylic acids is 1. The summed E-state index contributed by atoms with van der Waals surface area (Å²) in [7, 11) is 0. The molecule has 4 aromatic rings. The first-order valence-electron chi connectivity index (χ1n) is 8.63. The summed E-state index contributed by atoms with van der Waals surface area (Å²) >= 11 is 0. The van der Waals surface area contributed by atoms with Gasteiger partial charge in [0.1, 0.15) is 5.82 Å². The molecule has 1 N–H and O–H groups in total. The van der Waals surface area contributed by atoms with Gasteiger partial charge in [-0.1, -0.05) is 18.2 Å². The number of nitrogens with one attached hydrogen (secondary N) is 1. The van der Waals surface area contributed by atoms with Gasteiger partial charge in [-0.25, -0.2) is 14.4 Å². The van der Waals surface area contributed by atoms with Crippen LogP contribution in [-0.4, -0.2) is 25.4 Å². The third-order valence-corrected chi connectivity index (χ3v) is 4.13. The number of benzene rings is 2. The third kappa shape index (κ3) is 3.93. The fourth-order valence-corrected chi connectivity index (χ4v) is 2.73. The van der Waals surface area contributed by atoms with E-state index in [0.29, 0.717) is 16.9 Å². The molecule has 6 nitrogen and oxygen atoms in total. The van der Waals surface area contributed by atoms with Crippen molar-refractivity contribution in [1.82, 2.24) is 24.8 Å². The summed E-state index contributed by atoms with van der Waals surface area (Å²) < 4.78 is 15.8. The van der Waals surface area contributed by atoms with E-state index in [1.54, 1.807) is 41.4 Å². The number of para-hydroxylation sites is 2. The standard InChI is InChI=1S/C21H16FN5O/c22-17-11-15(5-7-20(17)27-10-9-23-14-27)12-25-21(28)8-6-16-13-24-18-3-1-2-4-19(18)26-16/h1-11,13-14H,12H2,(H,25,28). The molecule has 0 unspecified atom stereocenters. The molecule has 2 aromatic heterocycles. The molecule has 0 aliphatic heterocycles. The van der Waals surface area contributed by atoms with E-state index in [4.69, 9.17) is 0 Å². The number of rotatable bonds is 5. The first-order chi connectivity index (χ1) is 13.7. The summed E-state index contributed by atoms with van der Waals surface area (Å²) in [5, 5.41) is 2.73. The predicted octanol–water partition coefficient (Wildman–Crippen LogP) is 3.28. The Morgan fingerprint density at radius 2 is 2.04 bits per heavy atom. The van der Waals surface area contributed by atoms with Crippen LogP contribution in [0.25, 0.3) is 22.8 Å². The molecule has 1 amide bonds. The summed E-state index contributed by atoms with van der Waals surface area (Å²) in [5.41, 5.74) is 3.21. The minimum atomic E-state index is -0.383. The number of carbonyl (C=O) groups is 1.